The number of aromatic nitrogens is 1. The Labute approximate surface area is 170 Å². The van der Waals surface area contributed by atoms with Crippen LogP contribution in [-0.2, 0) is 4.79 Å². The van der Waals surface area contributed by atoms with Crippen molar-refractivity contribution in [3.05, 3.63) is 54.4 Å². The number of likely N-dealkylation sites (tertiary alicyclic amines) is 2. The van der Waals surface area contributed by atoms with Gasteiger partial charge >= 0.3 is 6.03 Å². The van der Waals surface area contributed by atoms with E-state index < -0.39 is 0 Å². The summed E-state index contributed by atoms with van der Waals surface area (Å²) in [7, 11) is 0. The molecule has 0 atom stereocenters. The number of hydrogen-bond acceptors (Lipinski definition) is 4. The molecule has 0 saturated carbocycles. The number of benzene rings is 1. The first-order valence-electron chi connectivity index (χ1n) is 10.0. The molecule has 2 aromatic rings. The van der Waals surface area contributed by atoms with Crippen molar-refractivity contribution in [2.75, 3.05) is 31.5 Å². The minimum absolute atomic E-state index is 0.0184. The predicted octanol–water partition coefficient (Wildman–Crippen LogP) is 2.96. The van der Waals surface area contributed by atoms with Crippen molar-refractivity contribution in [1.29, 1.82) is 0 Å². The summed E-state index contributed by atoms with van der Waals surface area (Å²) in [6, 6.07) is 11.2. The van der Waals surface area contributed by atoms with E-state index in [2.05, 4.69) is 10.3 Å². The second-order valence-electron chi connectivity index (χ2n) is 7.98. The summed E-state index contributed by atoms with van der Waals surface area (Å²) in [6.07, 6.45) is 3.65. The Morgan fingerprint density at radius 3 is 2.41 bits per heavy atom. The summed E-state index contributed by atoms with van der Waals surface area (Å²) < 4.78 is 5.89. The molecule has 2 fully saturated rings. The summed E-state index contributed by atoms with van der Waals surface area (Å²) in [5.41, 5.74) is 1.90. The summed E-state index contributed by atoms with van der Waals surface area (Å²) in [6.45, 7) is 6.47. The maximum atomic E-state index is 12.4. The molecule has 3 heterocycles. The molecule has 0 aliphatic carbocycles. The minimum atomic E-state index is -0.0966. The zero-order chi connectivity index (χ0) is 20.4. The zero-order valence-electron chi connectivity index (χ0n) is 16.7. The lowest BCUT2D eigenvalue weighted by Gasteiger charge is -2.40. The van der Waals surface area contributed by atoms with Crippen molar-refractivity contribution >= 4 is 17.6 Å². The van der Waals surface area contributed by atoms with Crippen molar-refractivity contribution in [2.24, 2.45) is 5.92 Å². The Hall–Kier alpha value is -3.09. The first-order chi connectivity index (χ1) is 14.0. The van der Waals surface area contributed by atoms with Crippen LogP contribution in [0.5, 0.6) is 5.75 Å². The lowest BCUT2D eigenvalue weighted by atomic mass is 9.93. The Morgan fingerprint density at radius 1 is 1.07 bits per heavy atom. The molecule has 29 heavy (non-hydrogen) atoms. The Morgan fingerprint density at radius 2 is 1.79 bits per heavy atom. The summed E-state index contributed by atoms with van der Waals surface area (Å²) in [4.78, 5) is 32.0. The molecule has 4 rings (SSSR count). The van der Waals surface area contributed by atoms with Crippen LogP contribution in [0.15, 0.2) is 48.8 Å². The van der Waals surface area contributed by atoms with Crippen LogP contribution in [0.2, 0.25) is 0 Å². The molecule has 152 valence electrons. The molecular formula is C22H26N4O3. The van der Waals surface area contributed by atoms with E-state index in [1.807, 2.05) is 61.3 Å². The van der Waals surface area contributed by atoms with Gasteiger partial charge in [0.05, 0.1) is 13.1 Å². The van der Waals surface area contributed by atoms with Gasteiger partial charge in [0.15, 0.2) is 0 Å². The van der Waals surface area contributed by atoms with Crippen LogP contribution in [0.3, 0.4) is 0 Å². The fourth-order valence-corrected chi connectivity index (χ4v) is 3.54. The van der Waals surface area contributed by atoms with Gasteiger partial charge in [-0.3, -0.25) is 9.78 Å². The van der Waals surface area contributed by atoms with Gasteiger partial charge in [-0.1, -0.05) is 19.9 Å². The number of carbonyl (C=O) groups is 2. The van der Waals surface area contributed by atoms with Crippen LogP contribution in [-0.4, -0.2) is 59.0 Å². The molecule has 3 amide bonds. The minimum Gasteiger partial charge on any atom is -0.487 e. The summed E-state index contributed by atoms with van der Waals surface area (Å²) in [5, 5.41) is 2.92. The average molecular weight is 394 g/mol. The largest absolute Gasteiger partial charge is 0.487 e. The second kappa shape index (κ2) is 8.11. The molecule has 2 aliphatic rings. The van der Waals surface area contributed by atoms with E-state index in [1.54, 1.807) is 11.1 Å². The molecule has 7 heteroatoms. The van der Waals surface area contributed by atoms with Crippen LogP contribution < -0.4 is 10.1 Å². The normalized spacial score (nSPS) is 16.9. The van der Waals surface area contributed by atoms with Gasteiger partial charge in [0, 0.05) is 43.0 Å². The summed E-state index contributed by atoms with van der Waals surface area (Å²) >= 11 is 0. The van der Waals surface area contributed by atoms with E-state index in [-0.39, 0.29) is 24.0 Å². The SMILES string of the molecule is CC(C)C(=O)N1CC(Oc2ccc(NC(=O)N3CC(c4cccnc4)C3)cc2)C1. The Kier molecular flexibility index (Phi) is 5.38. The summed E-state index contributed by atoms with van der Waals surface area (Å²) in [5.74, 6) is 1.28. The molecule has 0 bridgehead atoms. The fourth-order valence-electron chi connectivity index (χ4n) is 3.54. The maximum Gasteiger partial charge on any atom is 0.321 e. The van der Waals surface area contributed by atoms with Gasteiger partial charge in [-0.25, -0.2) is 4.79 Å². The molecule has 2 saturated heterocycles. The highest BCUT2D eigenvalue weighted by Crippen LogP contribution is 2.27. The first-order valence-corrected chi connectivity index (χ1v) is 10.0. The van der Waals surface area contributed by atoms with E-state index in [1.165, 1.54) is 5.56 Å². The Bertz CT molecular complexity index is 857. The number of hydrogen-bond donors (Lipinski definition) is 1. The van der Waals surface area contributed by atoms with Gasteiger partial charge in [0.1, 0.15) is 11.9 Å². The third-order valence-corrected chi connectivity index (χ3v) is 5.39. The number of nitrogens with zero attached hydrogens (tertiary/aromatic N) is 3. The lowest BCUT2D eigenvalue weighted by molar-refractivity contribution is -0.143. The molecule has 1 N–H and O–H groups in total. The van der Waals surface area contributed by atoms with Crippen LogP contribution >= 0.6 is 0 Å². The van der Waals surface area contributed by atoms with Gasteiger partial charge in [-0.2, -0.15) is 0 Å². The highest BCUT2D eigenvalue weighted by Gasteiger charge is 2.33. The quantitative estimate of drug-likeness (QED) is 0.846. The second-order valence-corrected chi connectivity index (χ2v) is 7.98. The molecule has 2 aliphatic heterocycles. The monoisotopic (exact) mass is 394 g/mol. The standard InChI is InChI=1S/C22H26N4O3/c1-15(2)21(27)25-13-20(14-25)29-19-7-5-18(6-8-19)24-22(28)26-11-17(12-26)16-4-3-9-23-10-16/h3-10,15,17,20H,11-14H2,1-2H3,(H,24,28). The van der Waals surface area contributed by atoms with Gasteiger partial charge in [0.25, 0.3) is 0 Å². The smallest absolute Gasteiger partial charge is 0.321 e. The number of urea groups is 1. The molecule has 7 nitrogen and oxygen atoms in total. The van der Waals surface area contributed by atoms with Crippen LogP contribution in [0.1, 0.15) is 25.3 Å². The molecule has 1 aromatic carbocycles. The van der Waals surface area contributed by atoms with Crippen LogP contribution in [0, 0.1) is 5.92 Å². The van der Waals surface area contributed by atoms with Gasteiger partial charge in [-0.05, 0) is 35.9 Å². The lowest BCUT2D eigenvalue weighted by Crippen LogP contribution is -2.57. The van der Waals surface area contributed by atoms with Crippen molar-refractivity contribution in [2.45, 2.75) is 25.9 Å². The number of anilines is 1. The average Bonchev–Trinajstić information content (AvgIpc) is 2.65. The van der Waals surface area contributed by atoms with Crippen LogP contribution in [0.25, 0.3) is 0 Å². The maximum absolute atomic E-state index is 12.4. The fraction of sp³-hybridized carbons (Fsp3) is 0.409. The number of rotatable bonds is 5. The molecular weight excluding hydrogens is 368 g/mol. The number of nitrogens with one attached hydrogen (secondary N) is 1. The highest BCUT2D eigenvalue weighted by molar-refractivity contribution is 5.90. The van der Waals surface area contributed by atoms with Crippen molar-refractivity contribution in [1.82, 2.24) is 14.8 Å². The number of amides is 3. The van der Waals surface area contributed by atoms with E-state index in [0.717, 1.165) is 11.4 Å². The van der Waals surface area contributed by atoms with Gasteiger partial charge in [-0.15, -0.1) is 0 Å². The van der Waals surface area contributed by atoms with Crippen molar-refractivity contribution in [3.8, 4) is 5.75 Å². The molecule has 0 spiro atoms. The van der Waals surface area contributed by atoms with E-state index in [4.69, 9.17) is 4.74 Å². The van der Waals surface area contributed by atoms with Crippen molar-refractivity contribution in [3.63, 3.8) is 0 Å². The molecule has 1 aromatic heterocycles. The number of carbonyl (C=O) groups excluding carboxylic acids is 2. The van der Waals surface area contributed by atoms with E-state index in [9.17, 15) is 9.59 Å². The first kappa shape index (κ1) is 19.2. The topological polar surface area (TPSA) is 74.8 Å². The third-order valence-electron chi connectivity index (χ3n) is 5.39. The van der Waals surface area contributed by atoms with E-state index in [0.29, 0.717) is 32.1 Å². The highest BCUT2D eigenvalue weighted by atomic mass is 16.5. The predicted molar refractivity (Wildman–Crippen MR) is 110 cm³/mol. The van der Waals surface area contributed by atoms with Crippen molar-refractivity contribution < 1.29 is 14.3 Å². The van der Waals surface area contributed by atoms with Gasteiger partial charge in [0.2, 0.25) is 5.91 Å². The molecule has 0 unspecified atom stereocenters. The number of pyridine rings is 1. The molecule has 0 radical (unpaired) electrons. The van der Waals surface area contributed by atoms with E-state index >= 15 is 0 Å². The Balaban J connectivity index is 1.21. The third kappa shape index (κ3) is 4.34. The van der Waals surface area contributed by atoms with Crippen LogP contribution in [0.4, 0.5) is 10.5 Å². The number of ether oxygens (including phenoxy) is 1. The zero-order valence-corrected chi connectivity index (χ0v) is 16.7. The van der Waals surface area contributed by atoms with Gasteiger partial charge < -0.3 is 19.9 Å².